The summed E-state index contributed by atoms with van der Waals surface area (Å²) in [5, 5.41) is 0. The molecule has 0 aromatic rings. The van der Waals surface area contributed by atoms with Crippen molar-refractivity contribution in [2.45, 2.75) is 19.3 Å². The number of carbonyl (C=O) groups excluding carboxylic acids is 1. The Hall–Kier alpha value is -0.590. The number of rotatable bonds is 0. The van der Waals surface area contributed by atoms with E-state index in [2.05, 4.69) is 6.08 Å². The maximum atomic E-state index is 10.7. The molecule has 0 bridgehead atoms. The van der Waals surface area contributed by atoms with E-state index in [4.69, 9.17) is 0 Å². The predicted octanol–water partition coefficient (Wildman–Crippen LogP) is 1.30. The van der Waals surface area contributed by atoms with Gasteiger partial charge in [0.1, 0.15) is 5.78 Å². The first-order valence-electron chi connectivity index (χ1n) is 3.09. The zero-order valence-electron chi connectivity index (χ0n) is 4.68. The van der Waals surface area contributed by atoms with Crippen molar-refractivity contribution < 1.29 is 4.79 Å². The first kappa shape index (κ1) is 4.30. The Morgan fingerprint density at radius 3 is 3.00 bits per heavy atom. The number of Topliss-reactive ketones (excluding diaryl/α,β-unsaturated/α-hetero) is 1. The summed E-state index contributed by atoms with van der Waals surface area (Å²) in [6.07, 6.45) is 5.23. The lowest BCUT2D eigenvalue weighted by Gasteiger charge is -2.22. The molecule has 1 heteroatoms. The summed E-state index contributed by atoms with van der Waals surface area (Å²) >= 11 is 0. The van der Waals surface area contributed by atoms with Crippen LogP contribution in [0.4, 0.5) is 0 Å². The molecule has 2 aliphatic carbocycles. The lowest BCUT2D eigenvalue weighted by atomic mass is 9.80. The fraction of sp³-hybridized carbons (Fsp3) is 0.571. The van der Waals surface area contributed by atoms with Crippen LogP contribution in [0.1, 0.15) is 19.3 Å². The summed E-state index contributed by atoms with van der Waals surface area (Å²) in [6.45, 7) is 0. The van der Waals surface area contributed by atoms with Gasteiger partial charge in [-0.2, -0.15) is 0 Å². The number of carbonyl (C=O) groups is 1. The van der Waals surface area contributed by atoms with Gasteiger partial charge in [0.15, 0.2) is 0 Å². The molecule has 0 radical (unpaired) electrons. The van der Waals surface area contributed by atoms with E-state index in [1.54, 1.807) is 0 Å². The minimum Gasteiger partial charge on any atom is -0.299 e. The Morgan fingerprint density at radius 1 is 1.62 bits per heavy atom. The fourth-order valence-corrected chi connectivity index (χ4v) is 1.52. The summed E-state index contributed by atoms with van der Waals surface area (Å²) in [7, 11) is 0. The number of hydrogen-bond donors (Lipinski definition) is 0. The molecule has 1 fully saturated rings. The van der Waals surface area contributed by atoms with E-state index in [1.807, 2.05) is 0 Å². The van der Waals surface area contributed by atoms with E-state index in [0.717, 1.165) is 19.3 Å². The molecule has 42 valence electrons. The maximum Gasteiger partial charge on any atom is 0.144 e. The third-order valence-electron chi connectivity index (χ3n) is 2.08. The average Bonchev–Trinajstić information content (AvgIpc) is 2.09. The van der Waals surface area contributed by atoms with Crippen molar-refractivity contribution in [3.8, 4) is 0 Å². The van der Waals surface area contributed by atoms with Gasteiger partial charge in [0, 0.05) is 12.3 Å². The molecule has 1 nitrogen and oxygen atoms in total. The summed E-state index contributed by atoms with van der Waals surface area (Å²) < 4.78 is 0. The molecule has 1 saturated carbocycles. The van der Waals surface area contributed by atoms with Crippen LogP contribution >= 0.6 is 0 Å². The van der Waals surface area contributed by atoms with E-state index < -0.39 is 0 Å². The summed E-state index contributed by atoms with van der Waals surface area (Å²) in [4.78, 5) is 10.7. The van der Waals surface area contributed by atoms with Crippen LogP contribution in [0.5, 0.6) is 0 Å². The van der Waals surface area contributed by atoms with Crippen LogP contribution < -0.4 is 0 Å². The molecule has 0 aliphatic heterocycles. The Morgan fingerprint density at radius 2 is 2.50 bits per heavy atom. The molecule has 0 saturated heterocycles. The van der Waals surface area contributed by atoms with Gasteiger partial charge in [-0.3, -0.25) is 4.79 Å². The second-order valence-corrected chi connectivity index (χ2v) is 2.55. The van der Waals surface area contributed by atoms with Crippen molar-refractivity contribution in [2.24, 2.45) is 5.92 Å². The van der Waals surface area contributed by atoms with Crippen LogP contribution in [0.2, 0.25) is 0 Å². The van der Waals surface area contributed by atoms with Crippen LogP contribution in [0.25, 0.3) is 0 Å². The Bertz CT molecular complexity index is 167. The van der Waals surface area contributed by atoms with Gasteiger partial charge in [-0.15, -0.1) is 0 Å². The van der Waals surface area contributed by atoms with Gasteiger partial charge in [-0.1, -0.05) is 11.6 Å². The minimum atomic E-state index is 0.384. The van der Waals surface area contributed by atoms with Crippen molar-refractivity contribution in [1.82, 2.24) is 0 Å². The Kier molecular flexibility index (Phi) is 0.655. The standard InChI is InChI=1S/C7H8O/c8-7-4-5-2-1-3-6(5)7/h2,6H,1,3-4H2. The van der Waals surface area contributed by atoms with E-state index >= 15 is 0 Å². The van der Waals surface area contributed by atoms with Crippen LogP contribution in [-0.2, 0) is 4.79 Å². The maximum absolute atomic E-state index is 10.7. The first-order chi connectivity index (χ1) is 3.88. The van der Waals surface area contributed by atoms with Gasteiger partial charge in [0.05, 0.1) is 0 Å². The van der Waals surface area contributed by atoms with E-state index in [1.165, 1.54) is 5.57 Å². The molecule has 2 aliphatic rings. The van der Waals surface area contributed by atoms with Crippen LogP contribution in [-0.4, -0.2) is 5.78 Å². The van der Waals surface area contributed by atoms with Gasteiger partial charge in [0.25, 0.3) is 0 Å². The average molecular weight is 108 g/mol. The van der Waals surface area contributed by atoms with Crippen molar-refractivity contribution in [2.75, 3.05) is 0 Å². The molecule has 0 heterocycles. The SMILES string of the molecule is O=C1CC2=CCCC12. The summed E-state index contributed by atoms with van der Waals surface area (Å²) in [5.74, 6) is 0.851. The number of hydrogen-bond acceptors (Lipinski definition) is 1. The van der Waals surface area contributed by atoms with Crippen molar-refractivity contribution in [3.05, 3.63) is 11.6 Å². The smallest absolute Gasteiger partial charge is 0.144 e. The quantitative estimate of drug-likeness (QED) is 0.427. The topological polar surface area (TPSA) is 17.1 Å². The largest absolute Gasteiger partial charge is 0.299 e. The Labute approximate surface area is 48.4 Å². The number of fused-ring (bicyclic) bond motifs is 1. The molecular weight excluding hydrogens is 100 g/mol. The van der Waals surface area contributed by atoms with E-state index in [-0.39, 0.29) is 0 Å². The van der Waals surface area contributed by atoms with Crippen LogP contribution in [0, 0.1) is 5.92 Å². The highest BCUT2D eigenvalue weighted by Crippen LogP contribution is 2.38. The second kappa shape index (κ2) is 1.22. The van der Waals surface area contributed by atoms with Gasteiger partial charge in [-0.25, -0.2) is 0 Å². The molecule has 1 atom stereocenters. The predicted molar refractivity (Wildman–Crippen MR) is 30.4 cm³/mol. The monoisotopic (exact) mass is 108 g/mol. The highest BCUT2D eigenvalue weighted by Gasteiger charge is 2.35. The zero-order chi connectivity index (χ0) is 5.56. The van der Waals surface area contributed by atoms with Gasteiger partial charge < -0.3 is 0 Å². The number of ketones is 1. The fourth-order valence-electron chi connectivity index (χ4n) is 1.52. The van der Waals surface area contributed by atoms with Crippen molar-refractivity contribution in [3.63, 3.8) is 0 Å². The normalized spacial score (nSPS) is 33.8. The Balaban J connectivity index is 2.26. The van der Waals surface area contributed by atoms with E-state index in [9.17, 15) is 4.79 Å². The lowest BCUT2D eigenvalue weighted by Crippen LogP contribution is -2.25. The highest BCUT2D eigenvalue weighted by atomic mass is 16.1. The van der Waals surface area contributed by atoms with Gasteiger partial charge in [0.2, 0.25) is 0 Å². The lowest BCUT2D eigenvalue weighted by molar-refractivity contribution is -0.124. The summed E-state index contributed by atoms with van der Waals surface area (Å²) in [5.41, 5.74) is 1.41. The highest BCUT2D eigenvalue weighted by molar-refractivity contribution is 5.94. The molecule has 0 aromatic heterocycles. The van der Waals surface area contributed by atoms with Crippen LogP contribution in [0.15, 0.2) is 11.6 Å². The molecule has 8 heavy (non-hydrogen) atoms. The van der Waals surface area contributed by atoms with Gasteiger partial charge >= 0.3 is 0 Å². The third kappa shape index (κ3) is 0.347. The molecule has 0 spiro atoms. The third-order valence-corrected chi connectivity index (χ3v) is 2.08. The molecule has 1 unspecified atom stereocenters. The second-order valence-electron chi connectivity index (χ2n) is 2.55. The molecule has 0 amide bonds. The van der Waals surface area contributed by atoms with Gasteiger partial charge in [-0.05, 0) is 12.8 Å². The van der Waals surface area contributed by atoms with Crippen molar-refractivity contribution in [1.29, 1.82) is 0 Å². The van der Waals surface area contributed by atoms with Crippen molar-refractivity contribution >= 4 is 5.78 Å². The summed E-state index contributed by atoms with van der Waals surface area (Å²) in [6, 6.07) is 0. The molecule has 2 rings (SSSR count). The molecular formula is C7H8O. The molecule has 0 aromatic carbocycles. The number of allylic oxidation sites excluding steroid dienone is 2. The minimum absolute atomic E-state index is 0.384. The van der Waals surface area contributed by atoms with Crippen LogP contribution in [0.3, 0.4) is 0 Å². The molecule has 0 N–H and O–H groups in total. The first-order valence-corrected chi connectivity index (χ1v) is 3.09. The van der Waals surface area contributed by atoms with E-state index in [0.29, 0.717) is 11.7 Å². The zero-order valence-corrected chi connectivity index (χ0v) is 4.68.